The Morgan fingerprint density at radius 2 is 1.93 bits per heavy atom. The quantitative estimate of drug-likeness (QED) is 0.875. The number of hydrogen-bond acceptors (Lipinski definition) is 4. The molecule has 0 spiro atoms. The van der Waals surface area contributed by atoms with Crippen molar-refractivity contribution in [3.8, 4) is 0 Å². The minimum atomic E-state index is -0.374. The van der Waals surface area contributed by atoms with E-state index in [2.05, 4.69) is 16.7 Å². The van der Waals surface area contributed by atoms with E-state index in [0.717, 1.165) is 12.1 Å². The maximum atomic E-state index is 12.8. The fraction of sp³-hybridized carbons (Fsp3) is 0.333. The van der Waals surface area contributed by atoms with Crippen LogP contribution in [-0.2, 0) is 16.0 Å². The lowest BCUT2D eigenvalue weighted by atomic mass is 10.1. The Morgan fingerprint density at radius 1 is 1.15 bits per heavy atom. The lowest BCUT2D eigenvalue weighted by molar-refractivity contribution is -0.123. The zero-order valence-electron chi connectivity index (χ0n) is 15.3. The van der Waals surface area contributed by atoms with Crippen molar-refractivity contribution in [1.29, 1.82) is 0 Å². The van der Waals surface area contributed by atoms with Crippen molar-refractivity contribution >= 4 is 23.2 Å². The standard InChI is InChI=1S/C21H23N3O3/c1-14-19(22-11-13-27-14)20(25)23-17-8-6-16(7-9-17)21(26)24-12-10-15-4-2-3-5-18(15)24/h2-9,14,19,22H,10-13H2,1H3,(H,23,25)/t14-,19+/m1/s1. The van der Waals surface area contributed by atoms with Crippen LogP contribution in [0.2, 0.25) is 0 Å². The SMILES string of the molecule is C[C@H]1OCCN[C@@H]1C(=O)Nc1ccc(C(=O)N2CCc3ccccc32)cc1. The van der Waals surface area contributed by atoms with Crippen LogP contribution in [0.1, 0.15) is 22.8 Å². The molecule has 0 bridgehead atoms. The number of benzene rings is 2. The molecule has 1 fully saturated rings. The molecule has 0 aromatic heterocycles. The fourth-order valence-electron chi connectivity index (χ4n) is 3.65. The molecule has 2 atom stereocenters. The van der Waals surface area contributed by atoms with E-state index >= 15 is 0 Å². The van der Waals surface area contributed by atoms with Crippen LogP contribution in [0.5, 0.6) is 0 Å². The molecule has 0 unspecified atom stereocenters. The predicted octanol–water partition coefficient (Wildman–Crippen LogP) is 2.20. The van der Waals surface area contributed by atoms with E-state index in [-0.39, 0.29) is 24.0 Å². The van der Waals surface area contributed by atoms with Gasteiger partial charge in [0.2, 0.25) is 5.91 Å². The van der Waals surface area contributed by atoms with Gasteiger partial charge in [0.15, 0.2) is 0 Å². The molecule has 4 rings (SSSR count). The molecule has 2 heterocycles. The average molecular weight is 365 g/mol. The summed E-state index contributed by atoms with van der Waals surface area (Å²) in [5.74, 6) is -0.149. The minimum Gasteiger partial charge on any atom is -0.375 e. The van der Waals surface area contributed by atoms with Crippen LogP contribution in [0.4, 0.5) is 11.4 Å². The van der Waals surface area contributed by atoms with Gasteiger partial charge in [0.1, 0.15) is 6.04 Å². The third-order valence-electron chi connectivity index (χ3n) is 5.13. The Balaban J connectivity index is 1.43. The van der Waals surface area contributed by atoms with E-state index < -0.39 is 0 Å². The first-order valence-electron chi connectivity index (χ1n) is 9.29. The van der Waals surface area contributed by atoms with Crippen LogP contribution >= 0.6 is 0 Å². The number of fused-ring (bicyclic) bond motifs is 1. The molecular weight excluding hydrogens is 342 g/mol. The first-order chi connectivity index (χ1) is 13.1. The summed E-state index contributed by atoms with van der Waals surface area (Å²) in [6, 6.07) is 14.7. The molecule has 140 valence electrons. The second-order valence-corrected chi connectivity index (χ2v) is 6.91. The first kappa shape index (κ1) is 17.7. The Morgan fingerprint density at radius 3 is 2.70 bits per heavy atom. The molecule has 2 aliphatic rings. The van der Waals surface area contributed by atoms with Crippen LogP contribution in [-0.4, -0.2) is 43.7 Å². The number of nitrogens with zero attached hydrogens (tertiary/aromatic N) is 1. The molecule has 1 saturated heterocycles. The number of ether oxygens (including phenoxy) is 1. The second kappa shape index (κ2) is 7.50. The van der Waals surface area contributed by atoms with E-state index in [0.29, 0.717) is 30.9 Å². The van der Waals surface area contributed by atoms with Gasteiger partial charge in [0, 0.05) is 30.0 Å². The van der Waals surface area contributed by atoms with E-state index in [4.69, 9.17) is 4.74 Å². The third-order valence-corrected chi connectivity index (χ3v) is 5.13. The number of morpholine rings is 1. The molecule has 2 aromatic carbocycles. The van der Waals surface area contributed by atoms with Crippen LogP contribution in [0.15, 0.2) is 48.5 Å². The summed E-state index contributed by atoms with van der Waals surface area (Å²) in [4.78, 5) is 27.1. The van der Waals surface area contributed by atoms with Gasteiger partial charge in [-0.3, -0.25) is 9.59 Å². The number of para-hydroxylation sites is 1. The molecule has 6 heteroatoms. The van der Waals surface area contributed by atoms with Crippen molar-refractivity contribution in [2.75, 3.05) is 29.9 Å². The highest BCUT2D eigenvalue weighted by Crippen LogP contribution is 2.29. The Labute approximate surface area is 158 Å². The van der Waals surface area contributed by atoms with Gasteiger partial charge in [-0.2, -0.15) is 0 Å². The number of carbonyl (C=O) groups excluding carboxylic acids is 2. The molecule has 6 nitrogen and oxygen atoms in total. The number of hydrogen-bond donors (Lipinski definition) is 2. The molecule has 2 aromatic rings. The minimum absolute atomic E-state index is 0.0196. The normalized spacial score (nSPS) is 21.6. The van der Waals surface area contributed by atoms with Gasteiger partial charge in [0.05, 0.1) is 12.7 Å². The lowest BCUT2D eigenvalue weighted by Crippen LogP contribution is -2.53. The zero-order chi connectivity index (χ0) is 18.8. The number of nitrogens with one attached hydrogen (secondary N) is 2. The summed E-state index contributed by atoms with van der Waals surface area (Å²) in [7, 11) is 0. The summed E-state index contributed by atoms with van der Waals surface area (Å²) in [6.07, 6.45) is 0.708. The highest BCUT2D eigenvalue weighted by Gasteiger charge is 2.28. The molecule has 2 aliphatic heterocycles. The number of amides is 2. The van der Waals surface area contributed by atoms with Crippen molar-refractivity contribution in [2.24, 2.45) is 0 Å². The van der Waals surface area contributed by atoms with Gasteiger partial charge in [-0.15, -0.1) is 0 Å². The van der Waals surface area contributed by atoms with E-state index in [9.17, 15) is 9.59 Å². The highest BCUT2D eigenvalue weighted by molar-refractivity contribution is 6.07. The lowest BCUT2D eigenvalue weighted by Gasteiger charge is -2.29. The fourth-order valence-corrected chi connectivity index (χ4v) is 3.65. The largest absolute Gasteiger partial charge is 0.375 e. The van der Waals surface area contributed by atoms with Gasteiger partial charge in [-0.1, -0.05) is 18.2 Å². The van der Waals surface area contributed by atoms with Crippen molar-refractivity contribution in [3.63, 3.8) is 0 Å². The van der Waals surface area contributed by atoms with Crippen molar-refractivity contribution in [2.45, 2.75) is 25.5 Å². The number of carbonyl (C=O) groups is 2. The van der Waals surface area contributed by atoms with Crippen LogP contribution in [0.3, 0.4) is 0 Å². The smallest absolute Gasteiger partial charge is 0.258 e. The number of anilines is 2. The Hall–Kier alpha value is -2.70. The molecule has 0 saturated carbocycles. The second-order valence-electron chi connectivity index (χ2n) is 6.91. The van der Waals surface area contributed by atoms with Crippen molar-refractivity contribution < 1.29 is 14.3 Å². The highest BCUT2D eigenvalue weighted by atomic mass is 16.5. The first-order valence-corrected chi connectivity index (χ1v) is 9.29. The van der Waals surface area contributed by atoms with Gasteiger partial charge in [-0.25, -0.2) is 0 Å². The summed E-state index contributed by atoms with van der Waals surface area (Å²) in [5.41, 5.74) is 3.46. The summed E-state index contributed by atoms with van der Waals surface area (Å²) < 4.78 is 5.51. The van der Waals surface area contributed by atoms with Crippen LogP contribution in [0.25, 0.3) is 0 Å². The van der Waals surface area contributed by atoms with E-state index in [1.807, 2.05) is 30.0 Å². The van der Waals surface area contributed by atoms with Gasteiger partial charge < -0.3 is 20.3 Å². The van der Waals surface area contributed by atoms with Gasteiger partial charge in [-0.05, 0) is 49.2 Å². The molecule has 0 aliphatic carbocycles. The summed E-state index contributed by atoms with van der Waals surface area (Å²) in [5, 5.41) is 6.05. The summed E-state index contributed by atoms with van der Waals surface area (Å²) in [6.45, 7) is 3.85. The molecular formula is C21H23N3O3. The maximum absolute atomic E-state index is 12.8. The molecule has 2 N–H and O–H groups in total. The van der Waals surface area contributed by atoms with Crippen molar-refractivity contribution in [3.05, 3.63) is 59.7 Å². The zero-order valence-corrected chi connectivity index (χ0v) is 15.3. The molecule has 2 amide bonds. The van der Waals surface area contributed by atoms with Gasteiger partial charge in [0.25, 0.3) is 5.91 Å². The summed E-state index contributed by atoms with van der Waals surface area (Å²) >= 11 is 0. The topological polar surface area (TPSA) is 70.7 Å². The third kappa shape index (κ3) is 3.59. The monoisotopic (exact) mass is 365 g/mol. The van der Waals surface area contributed by atoms with E-state index in [1.165, 1.54) is 5.56 Å². The molecule has 27 heavy (non-hydrogen) atoms. The van der Waals surface area contributed by atoms with Crippen molar-refractivity contribution in [1.82, 2.24) is 5.32 Å². The number of rotatable bonds is 3. The predicted molar refractivity (Wildman–Crippen MR) is 104 cm³/mol. The van der Waals surface area contributed by atoms with Crippen LogP contribution < -0.4 is 15.5 Å². The van der Waals surface area contributed by atoms with E-state index in [1.54, 1.807) is 24.3 Å². The average Bonchev–Trinajstić information content (AvgIpc) is 3.12. The maximum Gasteiger partial charge on any atom is 0.258 e. The Bertz CT molecular complexity index is 850. The van der Waals surface area contributed by atoms with Crippen LogP contribution in [0, 0.1) is 0 Å². The Kier molecular flexibility index (Phi) is 4.92. The molecule has 0 radical (unpaired) electrons. The van der Waals surface area contributed by atoms with Gasteiger partial charge >= 0.3 is 0 Å².